The van der Waals surface area contributed by atoms with Crippen molar-refractivity contribution in [1.29, 1.82) is 0 Å². The van der Waals surface area contributed by atoms with E-state index >= 15 is 0 Å². The SMILES string of the molecule is COc1cc(S(=O)(=O)N(CC(C)C)[C@@H]2CCS(=O)(=O)C2)ccc1NC(C)=O. The van der Waals surface area contributed by atoms with Gasteiger partial charge in [-0.15, -0.1) is 0 Å². The Morgan fingerprint density at radius 2 is 2.04 bits per heavy atom. The van der Waals surface area contributed by atoms with E-state index < -0.39 is 25.9 Å². The molecule has 8 nitrogen and oxygen atoms in total. The molecule has 152 valence electrons. The number of methoxy groups -OCH3 is 1. The summed E-state index contributed by atoms with van der Waals surface area (Å²) < 4.78 is 56.7. The van der Waals surface area contributed by atoms with Crippen LogP contribution in [0.3, 0.4) is 0 Å². The molecule has 0 aromatic heterocycles. The molecule has 1 heterocycles. The molecular weight excluding hydrogens is 392 g/mol. The van der Waals surface area contributed by atoms with E-state index in [9.17, 15) is 21.6 Å². The van der Waals surface area contributed by atoms with Crippen LogP contribution < -0.4 is 10.1 Å². The van der Waals surface area contributed by atoms with E-state index in [0.717, 1.165) is 0 Å². The van der Waals surface area contributed by atoms with Gasteiger partial charge in [0, 0.05) is 25.6 Å². The van der Waals surface area contributed by atoms with Crippen LogP contribution in [0, 0.1) is 5.92 Å². The third kappa shape index (κ3) is 5.20. The maximum Gasteiger partial charge on any atom is 0.243 e. The second-order valence-corrected chi connectivity index (χ2v) is 11.2. The van der Waals surface area contributed by atoms with E-state index in [1.165, 1.54) is 36.5 Å². The van der Waals surface area contributed by atoms with Crippen LogP contribution in [0.1, 0.15) is 27.2 Å². The van der Waals surface area contributed by atoms with Crippen LogP contribution in [0.2, 0.25) is 0 Å². The summed E-state index contributed by atoms with van der Waals surface area (Å²) in [5, 5.41) is 2.58. The largest absolute Gasteiger partial charge is 0.495 e. The lowest BCUT2D eigenvalue weighted by atomic mass is 10.2. The highest BCUT2D eigenvalue weighted by atomic mass is 32.2. The monoisotopic (exact) mass is 418 g/mol. The minimum Gasteiger partial charge on any atom is -0.495 e. The summed E-state index contributed by atoms with van der Waals surface area (Å²) in [5.41, 5.74) is 0.364. The minimum atomic E-state index is -3.93. The Kier molecular flexibility index (Phi) is 6.54. The van der Waals surface area contributed by atoms with Crippen LogP contribution in [-0.2, 0) is 24.7 Å². The zero-order chi connectivity index (χ0) is 20.4. The summed E-state index contributed by atoms with van der Waals surface area (Å²) >= 11 is 0. The first-order valence-corrected chi connectivity index (χ1v) is 11.9. The molecule has 0 radical (unpaired) electrons. The first kappa shape index (κ1) is 21.6. The minimum absolute atomic E-state index is 0.00148. The number of ether oxygens (including phenoxy) is 1. The number of hydrogen-bond donors (Lipinski definition) is 1. The van der Waals surface area contributed by atoms with Crippen LogP contribution in [-0.4, -0.2) is 58.3 Å². The van der Waals surface area contributed by atoms with Gasteiger partial charge in [0.15, 0.2) is 9.84 Å². The smallest absolute Gasteiger partial charge is 0.243 e. The molecule has 1 amide bonds. The quantitative estimate of drug-likeness (QED) is 0.718. The number of nitrogens with zero attached hydrogens (tertiary/aromatic N) is 1. The molecule has 0 spiro atoms. The van der Waals surface area contributed by atoms with Crippen molar-refractivity contribution in [2.45, 2.75) is 38.1 Å². The van der Waals surface area contributed by atoms with Gasteiger partial charge >= 0.3 is 0 Å². The van der Waals surface area contributed by atoms with Crippen LogP contribution in [0.5, 0.6) is 5.75 Å². The van der Waals surface area contributed by atoms with E-state index in [1.807, 2.05) is 13.8 Å². The van der Waals surface area contributed by atoms with Crippen molar-refractivity contribution < 1.29 is 26.4 Å². The van der Waals surface area contributed by atoms with Gasteiger partial charge in [-0.3, -0.25) is 4.79 Å². The fraction of sp³-hybridized carbons (Fsp3) is 0.588. The molecule has 1 fully saturated rings. The second kappa shape index (κ2) is 8.15. The second-order valence-electron chi connectivity index (χ2n) is 7.07. The van der Waals surface area contributed by atoms with Gasteiger partial charge in [0.25, 0.3) is 0 Å². The van der Waals surface area contributed by atoms with E-state index in [4.69, 9.17) is 4.74 Å². The van der Waals surface area contributed by atoms with Crippen molar-refractivity contribution in [3.63, 3.8) is 0 Å². The predicted octanol–water partition coefficient (Wildman–Crippen LogP) is 1.49. The number of hydrogen-bond acceptors (Lipinski definition) is 6. The molecule has 0 unspecified atom stereocenters. The molecule has 0 aliphatic carbocycles. The van der Waals surface area contributed by atoms with Gasteiger partial charge in [0.2, 0.25) is 15.9 Å². The maximum atomic E-state index is 13.3. The fourth-order valence-electron chi connectivity index (χ4n) is 3.07. The third-order valence-electron chi connectivity index (χ3n) is 4.25. The number of rotatable bonds is 7. The van der Waals surface area contributed by atoms with Gasteiger partial charge in [0.1, 0.15) is 5.75 Å². The summed E-state index contributed by atoms with van der Waals surface area (Å²) in [6.07, 6.45) is 0.287. The van der Waals surface area contributed by atoms with Gasteiger partial charge in [-0.2, -0.15) is 4.31 Å². The van der Waals surface area contributed by atoms with Crippen LogP contribution in [0.15, 0.2) is 23.1 Å². The van der Waals surface area contributed by atoms with Crippen molar-refractivity contribution in [1.82, 2.24) is 4.31 Å². The van der Waals surface area contributed by atoms with E-state index in [0.29, 0.717) is 5.69 Å². The first-order chi connectivity index (χ1) is 12.5. The number of carbonyl (C=O) groups excluding carboxylic acids is 1. The van der Waals surface area contributed by atoms with Crippen LogP contribution in [0.4, 0.5) is 5.69 Å². The summed E-state index contributed by atoms with van der Waals surface area (Å²) in [4.78, 5) is 11.3. The number of sulfonamides is 1. The molecule has 0 saturated carbocycles. The van der Waals surface area contributed by atoms with Gasteiger partial charge < -0.3 is 10.1 Å². The number of benzene rings is 1. The Morgan fingerprint density at radius 1 is 1.37 bits per heavy atom. The van der Waals surface area contributed by atoms with Crippen LogP contribution >= 0.6 is 0 Å². The van der Waals surface area contributed by atoms with Crippen molar-refractivity contribution in [2.75, 3.05) is 30.5 Å². The number of amides is 1. The first-order valence-electron chi connectivity index (χ1n) is 8.64. The number of anilines is 1. The van der Waals surface area contributed by atoms with Crippen molar-refractivity contribution in [3.8, 4) is 5.75 Å². The molecule has 1 aliphatic heterocycles. The Balaban J connectivity index is 2.44. The standard InChI is InChI=1S/C17H26N2O6S2/c1-12(2)10-19(14-7-8-26(21,22)11-14)27(23,24)15-5-6-16(18-13(3)20)17(9-15)25-4/h5-6,9,12,14H,7-8,10-11H2,1-4H3,(H,18,20)/t14-/m1/s1. The van der Waals surface area contributed by atoms with Crippen molar-refractivity contribution >= 4 is 31.5 Å². The molecule has 2 rings (SSSR count). The Labute approximate surface area is 160 Å². The maximum absolute atomic E-state index is 13.3. The van der Waals surface area contributed by atoms with Crippen molar-refractivity contribution in [2.24, 2.45) is 5.92 Å². The molecule has 1 aromatic carbocycles. The number of carbonyl (C=O) groups is 1. The zero-order valence-corrected chi connectivity index (χ0v) is 17.6. The number of nitrogens with one attached hydrogen (secondary N) is 1. The highest BCUT2D eigenvalue weighted by Gasteiger charge is 2.39. The highest BCUT2D eigenvalue weighted by Crippen LogP contribution is 2.31. The average molecular weight is 419 g/mol. The molecule has 1 aliphatic rings. The molecular formula is C17H26N2O6S2. The van der Waals surface area contributed by atoms with Crippen LogP contribution in [0.25, 0.3) is 0 Å². The Bertz CT molecular complexity index is 909. The summed E-state index contributed by atoms with van der Waals surface area (Å²) in [7, 11) is -5.78. The van der Waals surface area contributed by atoms with Gasteiger partial charge in [-0.1, -0.05) is 13.8 Å². The molecule has 1 saturated heterocycles. The van der Waals surface area contributed by atoms with Gasteiger partial charge in [-0.25, -0.2) is 16.8 Å². The fourth-order valence-corrected chi connectivity index (χ4v) is 6.72. The normalized spacial score (nSPS) is 19.4. The lowest BCUT2D eigenvalue weighted by molar-refractivity contribution is -0.114. The topological polar surface area (TPSA) is 110 Å². The van der Waals surface area contributed by atoms with Gasteiger partial charge in [-0.05, 0) is 24.5 Å². The summed E-state index contributed by atoms with van der Waals surface area (Å²) in [5.74, 6) is -0.230. The Hall–Kier alpha value is -1.65. The Morgan fingerprint density at radius 3 is 2.52 bits per heavy atom. The lowest BCUT2D eigenvalue weighted by Crippen LogP contribution is -2.43. The molecule has 0 bridgehead atoms. The van der Waals surface area contributed by atoms with E-state index in [2.05, 4.69) is 5.32 Å². The summed E-state index contributed by atoms with van der Waals surface area (Å²) in [6.45, 7) is 5.33. The molecule has 10 heteroatoms. The van der Waals surface area contributed by atoms with E-state index in [1.54, 1.807) is 0 Å². The summed E-state index contributed by atoms with van der Waals surface area (Å²) in [6, 6.07) is 3.62. The molecule has 27 heavy (non-hydrogen) atoms. The number of sulfone groups is 1. The third-order valence-corrected chi connectivity index (χ3v) is 7.92. The van der Waals surface area contributed by atoms with Crippen molar-refractivity contribution in [3.05, 3.63) is 18.2 Å². The average Bonchev–Trinajstić information content (AvgIpc) is 2.91. The highest BCUT2D eigenvalue weighted by molar-refractivity contribution is 7.92. The predicted molar refractivity (Wildman–Crippen MR) is 103 cm³/mol. The lowest BCUT2D eigenvalue weighted by Gasteiger charge is -2.29. The molecule has 1 aromatic rings. The van der Waals surface area contributed by atoms with E-state index in [-0.39, 0.29) is 46.9 Å². The van der Waals surface area contributed by atoms with Gasteiger partial charge in [0.05, 0.1) is 29.2 Å². The molecule has 1 atom stereocenters. The molecule has 1 N–H and O–H groups in total. The zero-order valence-electron chi connectivity index (χ0n) is 15.9.